The summed E-state index contributed by atoms with van der Waals surface area (Å²) in [6.45, 7) is 10.1. The molecule has 2 amide bonds. The number of rotatable bonds is 14. The fourth-order valence-electron chi connectivity index (χ4n) is 4.20. The minimum absolute atomic E-state index is 0.0646. The number of nitrogens with zero attached hydrogens (tertiary/aromatic N) is 2. The molecule has 8 nitrogen and oxygen atoms in total. The molecule has 3 rings (SSSR count). The molecule has 10 heteroatoms. The number of benzene rings is 3. The van der Waals surface area contributed by atoms with Gasteiger partial charge < -0.3 is 15.0 Å². The Morgan fingerprint density at radius 2 is 1.55 bits per heavy atom. The zero-order valence-electron chi connectivity index (χ0n) is 25.2. The summed E-state index contributed by atoms with van der Waals surface area (Å²) in [4.78, 5) is 29.6. The van der Waals surface area contributed by atoms with E-state index in [1.165, 1.54) is 16.7 Å². The van der Waals surface area contributed by atoms with Gasteiger partial charge in [-0.15, -0.1) is 11.8 Å². The van der Waals surface area contributed by atoms with Gasteiger partial charge in [0.15, 0.2) is 0 Å². The van der Waals surface area contributed by atoms with Crippen LogP contribution in [0.15, 0.2) is 82.6 Å². The summed E-state index contributed by atoms with van der Waals surface area (Å²) in [5.41, 5.74) is 2.22. The molecule has 0 radical (unpaired) electrons. The summed E-state index contributed by atoms with van der Waals surface area (Å²) in [7, 11) is -4.14. The third-order valence-electron chi connectivity index (χ3n) is 6.69. The quantitative estimate of drug-likeness (QED) is 0.242. The van der Waals surface area contributed by atoms with E-state index in [1.807, 2.05) is 58.2 Å². The van der Waals surface area contributed by atoms with Crippen LogP contribution < -0.4 is 14.4 Å². The first-order chi connectivity index (χ1) is 20.0. The van der Waals surface area contributed by atoms with Gasteiger partial charge in [0.1, 0.15) is 18.3 Å². The van der Waals surface area contributed by atoms with Crippen LogP contribution in [0.4, 0.5) is 5.69 Å². The third kappa shape index (κ3) is 8.75. The summed E-state index contributed by atoms with van der Waals surface area (Å²) in [6.07, 6.45) is 1.91. The summed E-state index contributed by atoms with van der Waals surface area (Å²) in [5.74, 6) is 0.0270. The van der Waals surface area contributed by atoms with Crippen LogP contribution in [0, 0.1) is 12.8 Å². The van der Waals surface area contributed by atoms with Crippen molar-refractivity contribution in [3.8, 4) is 5.75 Å². The SMILES string of the molecule is CCOc1ccc(N(CC(=O)N(Cc2ccc(C)cc2)[C@H](C)C(=O)NCC(C)C)S(=O)(=O)c2ccc(SC)cc2)cc1. The molecule has 0 aliphatic carbocycles. The number of ether oxygens (including phenoxy) is 1. The molecule has 1 N–H and O–H groups in total. The summed E-state index contributed by atoms with van der Waals surface area (Å²) in [6, 6.07) is 20.0. The molecule has 3 aromatic rings. The highest BCUT2D eigenvalue weighted by molar-refractivity contribution is 7.98. The van der Waals surface area contributed by atoms with E-state index in [1.54, 1.807) is 55.5 Å². The minimum Gasteiger partial charge on any atom is -0.494 e. The maximum atomic E-state index is 14.0. The lowest BCUT2D eigenvalue weighted by Crippen LogP contribution is -2.51. The third-order valence-corrected chi connectivity index (χ3v) is 9.22. The van der Waals surface area contributed by atoms with Gasteiger partial charge in [-0.1, -0.05) is 43.7 Å². The molecule has 0 unspecified atom stereocenters. The van der Waals surface area contributed by atoms with Crippen LogP contribution in [0.3, 0.4) is 0 Å². The first kappa shape index (κ1) is 33.0. The second kappa shape index (κ2) is 15.1. The fraction of sp³-hybridized carbons (Fsp3) is 0.375. The van der Waals surface area contributed by atoms with Gasteiger partial charge in [0.25, 0.3) is 10.0 Å². The average molecular weight is 612 g/mol. The highest BCUT2D eigenvalue weighted by Gasteiger charge is 2.32. The zero-order valence-corrected chi connectivity index (χ0v) is 26.8. The van der Waals surface area contributed by atoms with Gasteiger partial charge in [0.2, 0.25) is 11.8 Å². The van der Waals surface area contributed by atoms with E-state index >= 15 is 0 Å². The standard InChI is InChI=1S/C32H41N3O5S2/c1-7-40-28-14-12-27(13-15-28)35(42(38,39)30-18-16-29(41-6)17-19-30)22-31(36)34(21-26-10-8-24(4)9-11-26)25(5)32(37)33-20-23(2)3/h8-19,23,25H,7,20-22H2,1-6H3,(H,33,37)/t25-/m1/s1. The van der Waals surface area contributed by atoms with E-state index in [9.17, 15) is 18.0 Å². The molecule has 1 atom stereocenters. The van der Waals surface area contributed by atoms with Crippen molar-refractivity contribution < 1.29 is 22.7 Å². The molecule has 0 saturated heterocycles. The van der Waals surface area contributed by atoms with Gasteiger partial charge in [-0.2, -0.15) is 0 Å². The van der Waals surface area contributed by atoms with Gasteiger partial charge >= 0.3 is 0 Å². The smallest absolute Gasteiger partial charge is 0.264 e. The van der Waals surface area contributed by atoms with Crippen LogP contribution in [0.1, 0.15) is 38.8 Å². The maximum absolute atomic E-state index is 14.0. The van der Waals surface area contributed by atoms with Crippen molar-refractivity contribution in [2.75, 3.05) is 30.3 Å². The fourth-order valence-corrected chi connectivity index (χ4v) is 6.03. The monoisotopic (exact) mass is 611 g/mol. The van der Waals surface area contributed by atoms with Crippen molar-refractivity contribution in [1.82, 2.24) is 10.2 Å². The molecule has 0 heterocycles. The van der Waals surface area contributed by atoms with Crippen molar-refractivity contribution in [2.45, 2.75) is 57.0 Å². The number of hydrogen-bond acceptors (Lipinski definition) is 6. The molecule has 3 aromatic carbocycles. The van der Waals surface area contributed by atoms with E-state index in [4.69, 9.17) is 4.74 Å². The molecule has 0 aliphatic heterocycles. The maximum Gasteiger partial charge on any atom is 0.264 e. The summed E-state index contributed by atoms with van der Waals surface area (Å²) in [5, 5.41) is 2.90. The van der Waals surface area contributed by atoms with Crippen LogP contribution >= 0.6 is 11.8 Å². The lowest BCUT2D eigenvalue weighted by Gasteiger charge is -2.32. The molecule has 0 saturated carbocycles. The minimum atomic E-state index is -4.14. The van der Waals surface area contributed by atoms with Crippen molar-refractivity contribution >= 4 is 39.3 Å². The molecule has 0 aliphatic rings. The lowest BCUT2D eigenvalue weighted by molar-refractivity contribution is -0.139. The Morgan fingerprint density at radius 1 is 0.929 bits per heavy atom. The Kier molecular flexibility index (Phi) is 11.9. The van der Waals surface area contributed by atoms with Gasteiger partial charge in [0.05, 0.1) is 17.2 Å². The molecule has 0 fully saturated rings. The van der Waals surface area contributed by atoms with Gasteiger partial charge in [-0.3, -0.25) is 13.9 Å². The second-order valence-electron chi connectivity index (χ2n) is 10.4. The van der Waals surface area contributed by atoms with Gasteiger partial charge in [-0.05, 0) is 87.0 Å². The molecule has 42 heavy (non-hydrogen) atoms. The van der Waals surface area contributed by atoms with Crippen molar-refractivity contribution in [1.29, 1.82) is 0 Å². The number of hydrogen-bond donors (Lipinski definition) is 1. The molecular weight excluding hydrogens is 571 g/mol. The normalized spacial score (nSPS) is 12.1. The van der Waals surface area contributed by atoms with E-state index in [2.05, 4.69) is 5.32 Å². The highest BCUT2D eigenvalue weighted by Crippen LogP contribution is 2.28. The highest BCUT2D eigenvalue weighted by atomic mass is 32.2. The first-order valence-corrected chi connectivity index (χ1v) is 16.6. The Hall–Kier alpha value is -3.50. The van der Waals surface area contributed by atoms with Crippen molar-refractivity contribution in [3.63, 3.8) is 0 Å². The Morgan fingerprint density at radius 3 is 2.10 bits per heavy atom. The van der Waals surface area contributed by atoms with Crippen molar-refractivity contribution in [3.05, 3.63) is 83.9 Å². The summed E-state index contributed by atoms with van der Waals surface area (Å²) < 4.78 is 34.7. The number of carbonyl (C=O) groups is 2. The van der Waals surface area contributed by atoms with Gasteiger partial charge in [0, 0.05) is 18.0 Å². The van der Waals surface area contributed by atoms with Crippen LogP contribution in [0.2, 0.25) is 0 Å². The van der Waals surface area contributed by atoms with E-state index in [-0.39, 0.29) is 23.3 Å². The largest absolute Gasteiger partial charge is 0.494 e. The average Bonchev–Trinajstić information content (AvgIpc) is 2.98. The van der Waals surface area contributed by atoms with Crippen LogP contribution in [0.5, 0.6) is 5.75 Å². The topological polar surface area (TPSA) is 96.0 Å². The molecular formula is C32H41N3O5S2. The molecule has 0 aromatic heterocycles. The van der Waals surface area contributed by atoms with Crippen LogP contribution in [-0.2, 0) is 26.2 Å². The number of nitrogens with one attached hydrogen (secondary N) is 1. The second-order valence-corrected chi connectivity index (χ2v) is 13.2. The Bertz CT molecular complexity index is 1420. The number of carbonyl (C=O) groups excluding carboxylic acids is 2. The predicted octanol–water partition coefficient (Wildman–Crippen LogP) is 5.50. The van der Waals surface area contributed by atoms with E-state index in [0.717, 1.165) is 20.3 Å². The number of amides is 2. The van der Waals surface area contributed by atoms with E-state index < -0.39 is 28.5 Å². The number of thioether (sulfide) groups is 1. The number of anilines is 1. The number of aryl methyl sites for hydroxylation is 1. The molecule has 226 valence electrons. The van der Waals surface area contributed by atoms with Gasteiger partial charge in [-0.25, -0.2) is 8.42 Å². The van der Waals surface area contributed by atoms with Crippen LogP contribution in [0.25, 0.3) is 0 Å². The number of sulfonamides is 1. The van der Waals surface area contributed by atoms with E-state index in [0.29, 0.717) is 24.6 Å². The van der Waals surface area contributed by atoms with Crippen LogP contribution in [-0.4, -0.2) is 57.1 Å². The zero-order chi connectivity index (χ0) is 30.9. The van der Waals surface area contributed by atoms with Crippen molar-refractivity contribution in [2.24, 2.45) is 5.92 Å². The molecule has 0 bridgehead atoms. The Labute approximate surface area is 254 Å². The summed E-state index contributed by atoms with van der Waals surface area (Å²) >= 11 is 1.51. The molecule has 0 spiro atoms. The Balaban J connectivity index is 2.01. The predicted molar refractivity (Wildman–Crippen MR) is 169 cm³/mol. The lowest BCUT2D eigenvalue weighted by atomic mass is 10.1. The first-order valence-electron chi connectivity index (χ1n) is 14.0.